The number of aliphatic hydroxyl groups excluding tert-OH is 1. The Kier molecular flexibility index (Phi) is 9.59. The van der Waals surface area contributed by atoms with E-state index in [1.807, 2.05) is 0 Å². The van der Waals surface area contributed by atoms with Crippen molar-refractivity contribution in [2.75, 3.05) is 6.61 Å². The molecule has 0 aromatic rings. The number of unbranched alkanes of at least 4 members (excludes halogenated alkanes) is 6. The summed E-state index contributed by atoms with van der Waals surface area (Å²) in [6.07, 6.45) is 15.9. The summed E-state index contributed by atoms with van der Waals surface area (Å²) in [6.45, 7) is 7.61. The molecule has 1 aliphatic carbocycles. The molecule has 1 fully saturated rings. The molecular formula is C19H37O. The van der Waals surface area contributed by atoms with Crippen molar-refractivity contribution in [2.24, 2.45) is 23.7 Å². The maximum absolute atomic E-state index is 8.74. The first kappa shape index (κ1) is 18.0. The minimum Gasteiger partial charge on any atom is -0.396 e. The van der Waals surface area contributed by atoms with Crippen LogP contribution >= 0.6 is 0 Å². The Balaban J connectivity index is 2.09. The van der Waals surface area contributed by atoms with Crippen molar-refractivity contribution >= 4 is 0 Å². The van der Waals surface area contributed by atoms with Gasteiger partial charge in [0.1, 0.15) is 0 Å². The predicted molar refractivity (Wildman–Crippen MR) is 88.5 cm³/mol. The van der Waals surface area contributed by atoms with Crippen molar-refractivity contribution in [1.82, 2.24) is 0 Å². The van der Waals surface area contributed by atoms with Gasteiger partial charge in [0.25, 0.3) is 0 Å². The van der Waals surface area contributed by atoms with Crippen LogP contribution in [0.15, 0.2) is 0 Å². The van der Waals surface area contributed by atoms with E-state index < -0.39 is 0 Å². The normalized spacial score (nSPS) is 27.1. The van der Waals surface area contributed by atoms with Gasteiger partial charge in [0.15, 0.2) is 0 Å². The van der Waals surface area contributed by atoms with Crippen LogP contribution in [-0.4, -0.2) is 11.7 Å². The van der Waals surface area contributed by atoms with Crippen molar-refractivity contribution in [3.8, 4) is 0 Å². The third-order valence-corrected chi connectivity index (χ3v) is 5.16. The first-order chi connectivity index (χ1) is 9.65. The largest absolute Gasteiger partial charge is 0.396 e. The molecule has 1 aliphatic rings. The van der Waals surface area contributed by atoms with Crippen molar-refractivity contribution in [3.63, 3.8) is 0 Å². The maximum atomic E-state index is 8.74. The third kappa shape index (κ3) is 7.11. The van der Waals surface area contributed by atoms with Gasteiger partial charge in [-0.25, -0.2) is 0 Å². The second-order valence-electron chi connectivity index (χ2n) is 7.36. The Bertz CT molecular complexity index is 224. The Morgan fingerprint density at radius 2 is 1.65 bits per heavy atom. The second kappa shape index (κ2) is 10.7. The summed E-state index contributed by atoms with van der Waals surface area (Å²) in [5, 5.41) is 8.74. The van der Waals surface area contributed by atoms with E-state index in [4.69, 9.17) is 5.11 Å². The summed E-state index contributed by atoms with van der Waals surface area (Å²) >= 11 is 0. The zero-order chi connectivity index (χ0) is 14.8. The third-order valence-electron chi connectivity index (χ3n) is 5.16. The van der Waals surface area contributed by atoms with Gasteiger partial charge in [-0.3, -0.25) is 0 Å². The fraction of sp³-hybridized carbons (Fsp3) is 0.947. The van der Waals surface area contributed by atoms with Gasteiger partial charge in [0.2, 0.25) is 0 Å². The van der Waals surface area contributed by atoms with E-state index in [2.05, 4.69) is 27.2 Å². The minimum absolute atomic E-state index is 0.365. The van der Waals surface area contributed by atoms with Crippen LogP contribution in [-0.2, 0) is 0 Å². The topological polar surface area (TPSA) is 20.2 Å². The molecule has 0 aliphatic heterocycles. The quantitative estimate of drug-likeness (QED) is 0.515. The summed E-state index contributed by atoms with van der Waals surface area (Å²) in [7, 11) is 0. The molecule has 3 unspecified atom stereocenters. The van der Waals surface area contributed by atoms with Crippen LogP contribution in [0.5, 0.6) is 0 Å². The molecule has 0 amide bonds. The van der Waals surface area contributed by atoms with E-state index in [9.17, 15) is 0 Å². The molecule has 1 N–H and O–H groups in total. The molecule has 0 spiro atoms. The van der Waals surface area contributed by atoms with E-state index in [0.29, 0.717) is 6.61 Å². The molecular weight excluding hydrogens is 244 g/mol. The van der Waals surface area contributed by atoms with Crippen molar-refractivity contribution < 1.29 is 5.11 Å². The van der Waals surface area contributed by atoms with E-state index >= 15 is 0 Å². The molecule has 0 heterocycles. The zero-order valence-electron chi connectivity index (χ0n) is 14.1. The lowest BCUT2D eigenvalue weighted by Gasteiger charge is -2.37. The van der Waals surface area contributed by atoms with E-state index in [-0.39, 0.29) is 0 Å². The van der Waals surface area contributed by atoms with Crippen molar-refractivity contribution in [3.05, 3.63) is 6.42 Å². The van der Waals surface area contributed by atoms with Gasteiger partial charge in [0.05, 0.1) is 0 Å². The molecule has 119 valence electrons. The lowest BCUT2D eigenvalue weighted by atomic mass is 9.68. The van der Waals surface area contributed by atoms with Gasteiger partial charge >= 0.3 is 0 Å². The fourth-order valence-corrected chi connectivity index (χ4v) is 3.84. The highest BCUT2D eigenvalue weighted by atomic mass is 16.2. The smallest absolute Gasteiger partial charge is 0.0431 e. The van der Waals surface area contributed by atoms with Crippen LogP contribution < -0.4 is 0 Å². The lowest BCUT2D eigenvalue weighted by molar-refractivity contribution is 0.164. The molecule has 0 bridgehead atoms. The average Bonchev–Trinajstić information content (AvgIpc) is 2.41. The standard InChI is InChI=1S/C19H37O/c1-16(2)19-13-12-17(3)15-18(19)11-9-7-5-4-6-8-10-14-20/h11,16-20H,4-10,12-15H2,1-3H3. The van der Waals surface area contributed by atoms with Crippen LogP contribution in [0.2, 0.25) is 0 Å². The second-order valence-corrected chi connectivity index (χ2v) is 7.36. The van der Waals surface area contributed by atoms with E-state index in [1.165, 1.54) is 57.8 Å². The fourth-order valence-electron chi connectivity index (χ4n) is 3.84. The molecule has 0 aromatic carbocycles. The molecule has 1 radical (unpaired) electrons. The average molecular weight is 282 g/mol. The van der Waals surface area contributed by atoms with E-state index in [1.54, 1.807) is 0 Å². The van der Waals surface area contributed by atoms with Crippen LogP contribution in [0.1, 0.15) is 85.0 Å². The molecule has 0 aromatic heterocycles. The minimum atomic E-state index is 0.365. The lowest BCUT2D eigenvalue weighted by Crippen LogP contribution is -2.27. The molecule has 20 heavy (non-hydrogen) atoms. The van der Waals surface area contributed by atoms with Crippen LogP contribution in [0.25, 0.3) is 0 Å². The van der Waals surface area contributed by atoms with Gasteiger partial charge in [-0.1, -0.05) is 59.3 Å². The van der Waals surface area contributed by atoms with Crippen LogP contribution in [0.4, 0.5) is 0 Å². The highest BCUT2D eigenvalue weighted by Crippen LogP contribution is 2.40. The molecule has 0 saturated heterocycles. The highest BCUT2D eigenvalue weighted by molar-refractivity contribution is 4.88. The number of hydrogen-bond donors (Lipinski definition) is 1. The van der Waals surface area contributed by atoms with Gasteiger partial charge in [-0.15, -0.1) is 0 Å². The molecule has 1 heteroatoms. The van der Waals surface area contributed by atoms with Gasteiger partial charge in [-0.2, -0.15) is 0 Å². The first-order valence-corrected chi connectivity index (χ1v) is 9.09. The SMILES string of the molecule is CC1CCC(C(C)C)C([CH]CCCCCCCCO)C1. The molecule has 1 rings (SSSR count). The zero-order valence-corrected chi connectivity index (χ0v) is 14.1. The number of rotatable bonds is 10. The summed E-state index contributed by atoms with van der Waals surface area (Å²) < 4.78 is 0. The van der Waals surface area contributed by atoms with Crippen molar-refractivity contribution in [1.29, 1.82) is 0 Å². The Labute approximate surface area is 127 Å². The van der Waals surface area contributed by atoms with E-state index in [0.717, 1.165) is 30.1 Å². The number of hydrogen-bond acceptors (Lipinski definition) is 1. The first-order valence-electron chi connectivity index (χ1n) is 9.09. The van der Waals surface area contributed by atoms with Gasteiger partial charge in [-0.05, 0) is 55.8 Å². The van der Waals surface area contributed by atoms with Gasteiger partial charge < -0.3 is 5.11 Å². The maximum Gasteiger partial charge on any atom is 0.0431 e. The number of aliphatic hydroxyl groups is 1. The molecule has 3 atom stereocenters. The predicted octanol–water partition coefficient (Wildman–Crippen LogP) is 5.62. The summed E-state index contributed by atoms with van der Waals surface area (Å²) in [5.74, 6) is 3.61. The summed E-state index contributed by atoms with van der Waals surface area (Å²) in [6, 6.07) is 0. The summed E-state index contributed by atoms with van der Waals surface area (Å²) in [5.41, 5.74) is 0. The van der Waals surface area contributed by atoms with Crippen LogP contribution in [0, 0.1) is 30.1 Å². The highest BCUT2D eigenvalue weighted by Gasteiger charge is 2.30. The monoisotopic (exact) mass is 281 g/mol. The Morgan fingerprint density at radius 1 is 1.00 bits per heavy atom. The summed E-state index contributed by atoms with van der Waals surface area (Å²) in [4.78, 5) is 0. The Morgan fingerprint density at radius 3 is 2.30 bits per heavy atom. The van der Waals surface area contributed by atoms with Gasteiger partial charge in [0, 0.05) is 6.61 Å². The molecule has 1 saturated carbocycles. The van der Waals surface area contributed by atoms with Crippen molar-refractivity contribution in [2.45, 2.75) is 85.0 Å². The Hall–Kier alpha value is -0.0400. The molecule has 1 nitrogen and oxygen atoms in total. The van der Waals surface area contributed by atoms with Crippen LogP contribution in [0.3, 0.4) is 0 Å².